The molecule has 0 radical (unpaired) electrons. The first-order valence-electron chi connectivity index (χ1n) is 10.8. The summed E-state index contributed by atoms with van der Waals surface area (Å²) in [6.45, 7) is 6.59. The van der Waals surface area contributed by atoms with Gasteiger partial charge in [-0.3, -0.25) is 9.59 Å². The predicted octanol–water partition coefficient (Wildman–Crippen LogP) is 3.50. The van der Waals surface area contributed by atoms with E-state index in [0.29, 0.717) is 18.1 Å². The number of primary amides is 1. The highest BCUT2D eigenvalue weighted by molar-refractivity contribution is 5.94. The lowest BCUT2D eigenvalue weighted by Gasteiger charge is -2.24. The third-order valence-electron chi connectivity index (χ3n) is 5.15. The van der Waals surface area contributed by atoms with Crippen LogP contribution in [-0.2, 0) is 15.0 Å². The molecule has 0 aliphatic heterocycles. The summed E-state index contributed by atoms with van der Waals surface area (Å²) in [6, 6.07) is 18.9. The molecule has 1 aromatic heterocycles. The topological polar surface area (TPSA) is 102 Å². The number of hydrogen-bond acceptors (Lipinski definition) is 5. The standard InChI is InChI=1S/C25H31N5O3/c1-25(2,3)21-16-23(30(28-21)19-8-6-5-7-9-19)27-24(32)17-29(15-14-22(26)31)18-10-12-20(33-4)13-11-18/h5-13,16H,14-15,17H2,1-4H3,(H2,26,31)(H,27,32). The van der Waals surface area contributed by atoms with Crippen LogP contribution in [0.5, 0.6) is 5.75 Å². The maximum absolute atomic E-state index is 13.1. The number of methoxy groups -OCH3 is 1. The van der Waals surface area contributed by atoms with Crippen molar-refractivity contribution in [3.05, 3.63) is 66.4 Å². The minimum Gasteiger partial charge on any atom is -0.497 e. The molecule has 2 aromatic carbocycles. The molecule has 3 rings (SSSR count). The van der Waals surface area contributed by atoms with Gasteiger partial charge in [0.25, 0.3) is 0 Å². The highest BCUT2D eigenvalue weighted by Crippen LogP contribution is 2.26. The minimum absolute atomic E-state index is 0.0461. The monoisotopic (exact) mass is 449 g/mol. The zero-order valence-corrected chi connectivity index (χ0v) is 19.5. The van der Waals surface area contributed by atoms with Crippen molar-refractivity contribution in [2.75, 3.05) is 30.4 Å². The average molecular weight is 450 g/mol. The van der Waals surface area contributed by atoms with E-state index in [-0.39, 0.29) is 24.3 Å². The van der Waals surface area contributed by atoms with Crippen LogP contribution in [0.25, 0.3) is 5.69 Å². The summed E-state index contributed by atoms with van der Waals surface area (Å²) in [5.41, 5.74) is 7.67. The van der Waals surface area contributed by atoms with Crippen molar-refractivity contribution in [1.82, 2.24) is 9.78 Å². The number of hydrogen-bond donors (Lipinski definition) is 2. The van der Waals surface area contributed by atoms with Gasteiger partial charge >= 0.3 is 0 Å². The summed E-state index contributed by atoms with van der Waals surface area (Å²) < 4.78 is 6.95. The van der Waals surface area contributed by atoms with Crippen molar-refractivity contribution in [3.8, 4) is 11.4 Å². The Hall–Kier alpha value is -3.81. The molecule has 1 heterocycles. The number of nitrogens with two attached hydrogens (primary N) is 1. The lowest BCUT2D eigenvalue weighted by Crippen LogP contribution is -2.36. The zero-order chi connectivity index (χ0) is 24.0. The Morgan fingerprint density at radius 1 is 1.09 bits per heavy atom. The van der Waals surface area contributed by atoms with Crippen LogP contribution in [0.3, 0.4) is 0 Å². The lowest BCUT2D eigenvalue weighted by atomic mass is 9.92. The van der Waals surface area contributed by atoms with Crippen LogP contribution in [0.15, 0.2) is 60.7 Å². The quantitative estimate of drug-likeness (QED) is 0.521. The number of carbonyl (C=O) groups is 2. The normalized spacial score (nSPS) is 11.2. The van der Waals surface area contributed by atoms with Gasteiger partial charge in [-0.05, 0) is 36.4 Å². The lowest BCUT2D eigenvalue weighted by molar-refractivity contribution is -0.118. The van der Waals surface area contributed by atoms with Crippen molar-refractivity contribution in [2.24, 2.45) is 5.73 Å². The third kappa shape index (κ3) is 6.35. The van der Waals surface area contributed by atoms with E-state index in [1.165, 1.54) is 0 Å². The van der Waals surface area contributed by atoms with Gasteiger partial charge in [-0.25, -0.2) is 4.68 Å². The fourth-order valence-electron chi connectivity index (χ4n) is 3.30. The van der Waals surface area contributed by atoms with Gasteiger partial charge in [-0.1, -0.05) is 39.0 Å². The summed E-state index contributed by atoms with van der Waals surface area (Å²) in [6.07, 6.45) is 0.134. The van der Waals surface area contributed by atoms with Crippen LogP contribution < -0.4 is 20.7 Å². The number of benzene rings is 2. The molecule has 0 atom stereocenters. The van der Waals surface area contributed by atoms with E-state index in [9.17, 15) is 9.59 Å². The number of para-hydroxylation sites is 1. The molecule has 8 nitrogen and oxygen atoms in total. The summed E-state index contributed by atoms with van der Waals surface area (Å²) in [7, 11) is 1.59. The second-order valence-electron chi connectivity index (χ2n) is 8.80. The first-order valence-corrected chi connectivity index (χ1v) is 10.8. The van der Waals surface area contributed by atoms with Crippen molar-refractivity contribution >= 4 is 23.3 Å². The van der Waals surface area contributed by atoms with Gasteiger partial charge in [-0.15, -0.1) is 0 Å². The van der Waals surface area contributed by atoms with Gasteiger partial charge in [0.2, 0.25) is 11.8 Å². The van der Waals surface area contributed by atoms with Gasteiger partial charge in [-0.2, -0.15) is 5.10 Å². The molecule has 0 unspecified atom stereocenters. The Labute approximate surface area is 194 Å². The largest absolute Gasteiger partial charge is 0.497 e. The molecular weight excluding hydrogens is 418 g/mol. The molecule has 0 aliphatic rings. The predicted molar refractivity (Wildman–Crippen MR) is 130 cm³/mol. The Morgan fingerprint density at radius 2 is 1.76 bits per heavy atom. The van der Waals surface area contributed by atoms with Crippen molar-refractivity contribution < 1.29 is 14.3 Å². The van der Waals surface area contributed by atoms with Crippen molar-refractivity contribution in [2.45, 2.75) is 32.6 Å². The number of amides is 2. The van der Waals surface area contributed by atoms with E-state index < -0.39 is 5.91 Å². The first kappa shape index (κ1) is 23.8. The molecule has 0 saturated heterocycles. The third-order valence-corrected chi connectivity index (χ3v) is 5.15. The van der Waals surface area contributed by atoms with Gasteiger partial charge in [0.1, 0.15) is 11.6 Å². The first-order chi connectivity index (χ1) is 15.7. The van der Waals surface area contributed by atoms with Gasteiger partial charge in [0.05, 0.1) is 25.0 Å². The number of ether oxygens (including phenoxy) is 1. The average Bonchev–Trinajstić information content (AvgIpc) is 3.21. The van der Waals surface area contributed by atoms with E-state index in [0.717, 1.165) is 17.1 Å². The van der Waals surface area contributed by atoms with Gasteiger partial charge in [0, 0.05) is 30.1 Å². The molecule has 0 fully saturated rings. The number of rotatable bonds is 9. The maximum atomic E-state index is 13.1. The molecule has 8 heteroatoms. The Bertz CT molecular complexity index is 1090. The van der Waals surface area contributed by atoms with Gasteiger partial charge < -0.3 is 20.7 Å². The van der Waals surface area contributed by atoms with Crippen LogP contribution in [-0.4, -0.2) is 41.8 Å². The molecule has 2 amide bonds. The molecule has 174 valence electrons. The summed E-state index contributed by atoms with van der Waals surface area (Å²) in [4.78, 5) is 26.3. The molecule has 0 bridgehead atoms. The fourth-order valence-corrected chi connectivity index (χ4v) is 3.30. The SMILES string of the molecule is COc1ccc(N(CCC(N)=O)CC(=O)Nc2cc(C(C)(C)C)nn2-c2ccccc2)cc1. The summed E-state index contributed by atoms with van der Waals surface area (Å²) >= 11 is 0. The maximum Gasteiger partial charge on any atom is 0.245 e. The number of carbonyl (C=O) groups excluding carboxylic acids is 2. The molecule has 3 N–H and O–H groups in total. The fraction of sp³-hybridized carbons (Fsp3) is 0.320. The number of anilines is 2. The van der Waals surface area contributed by atoms with E-state index in [1.54, 1.807) is 11.8 Å². The minimum atomic E-state index is -0.425. The van der Waals surface area contributed by atoms with E-state index in [1.807, 2.05) is 65.6 Å². The second kappa shape index (κ2) is 10.2. The molecule has 3 aromatic rings. The molecule has 0 spiro atoms. The summed E-state index contributed by atoms with van der Waals surface area (Å²) in [5, 5.41) is 7.72. The molecule has 33 heavy (non-hydrogen) atoms. The van der Waals surface area contributed by atoms with Crippen molar-refractivity contribution in [3.63, 3.8) is 0 Å². The van der Waals surface area contributed by atoms with Crippen LogP contribution in [0.4, 0.5) is 11.5 Å². The van der Waals surface area contributed by atoms with E-state index >= 15 is 0 Å². The van der Waals surface area contributed by atoms with Crippen LogP contribution in [0, 0.1) is 0 Å². The van der Waals surface area contributed by atoms with Crippen molar-refractivity contribution in [1.29, 1.82) is 0 Å². The Balaban J connectivity index is 1.84. The summed E-state index contributed by atoms with van der Waals surface area (Å²) in [5.74, 6) is 0.638. The van der Waals surface area contributed by atoms with E-state index in [4.69, 9.17) is 15.6 Å². The highest BCUT2D eigenvalue weighted by Gasteiger charge is 2.22. The Morgan fingerprint density at radius 3 is 2.33 bits per heavy atom. The molecule has 0 saturated carbocycles. The number of nitrogens with zero attached hydrogens (tertiary/aromatic N) is 3. The van der Waals surface area contributed by atoms with Crippen LogP contribution in [0.1, 0.15) is 32.9 Å². The van der Waals surface area contributed by atoms with E-state index in [2.05, 4.69) is 26.1 Å². The number of nitrogens with one attached hydrogen (secondary N) is 1. The Kier molecular flexibility index (Phi) is 7.37. The van der Waals surface area contributed by atoms with Gasteiger partial charge in [0.15, 0.2) is 0 Å². The van der Waals surface area contributed by atoms with Crippen LogP contribution in [0.2, 0.25) is 0 Å². The highest BCUT2D eigenvalue weighted by atomic mass is 16.5. The molecule has 0 aliphatic carbocycles. The molecular formula is C25H31N5O3. The van der Waals surface area contributed by atoms with Crippen LogP contribution >= 0.6 is 0 Å². The second-order valence-corrected chi connectivity index (χ2v) is 8.80. The smallest absolute Gasteiger partial charge is 0.245 e. The number of aromatic nitrogens is 2. The zero-order valence-electron chi connectivity index (χ0n) is 19.5.